The number of benzene rings is 2. The van der Waals surface area contributed by atoms with Crippen LogP contribution in [0.4, 0.5) is 10.5 Å². The summed E-state index contributed by atoms with van der Waals surface area (Å²) in [6, 6.07) is 12.9. The van der Waals surface area contributed by atoms with Gasteiger partial charge in [-0.3, -0.25) is 14.9 Å². The van der Waals surface area contributed by atoms with Gasteiger partial charge in [0.05, 0.1) is 13.5 Å². The van der Waals surface area contributed by atoms with Crippen LogP contribution in [0.15, 0.2) is 42.5 Å². The summed E-state index contributed by atoms with van der Waals surface area (Å²) in [6.07, 6.45) is 1.01. The molecule has 0 bridgehead atoms. The molecule has 1 unspecified atom stereocenters. The van der Waals surface area contributed by atoms with Crippen molar-refractivity contribution in [3.05, 3.63) is 53.6 Å². The van der Waals surface area contributed by atoms with E-state index in [-0.39, 0.29) is 24.5 Å². The zero-order chi connectivity index (χ0) is 29.6. The standard InChI is InChI=1S/C31H42N4O6/c1-21-8-6-7-9-26(21)35-17-14-32-25(20-35)29(37)33-28(36)18-22-10-11-24(19-27(22)39-5)40-23-12-15-34(16-13-23)30(38)41-31(2,3)4/h6-11,19,23,25,32H,12-18,20H2,1-5H3,(H,33,36,37). The molecule has 2 aromatic carbocycles. The second-order valence-electron chi connectivity index (χ2n) is 11.6. The van der Waals surface area contributed by atoms with E-state index in [1.807, 2.05) is 39.0 Å². The van der Waals surface area contributed by atoms with Crippen molar-refractivity contribution < 1.29 is 28.6 Å². The van der Waals surface area contributed by atoms with Gasteiger partial charge in [0.25, 0.3) is 0 Å². The maximum atomic E-state index is 12.9. The minimum absolute atomic E-state index is 0.00228. The van der Waals surface area contributed by atoms with Crippen molar-refractivity contribution in [2.45, 2.75) is 64.7 Å². The number of likely N-dealkylation sites (tertiary alicyclic amines) is 1. The van der Waals surface area contributed by atoms with Crippen LogP contribution in [0, 0.1) is 6.92 Å². The van der Waals surface area contributed by atoms with E-state index < -0.39 is 17.6 Å². The van der Waals surface area contributed by atoms with Gasteiger partial charge in [0.1, 0.15) is 29.2 Å². The van der Waals surface area contributed by atoms with Crippen LogP contribution in [-0.2, 0) is 20.7 Å². The number of aryl methyl sites for hydroxylation is 1. The molecule has 0 spiro atoms. The van der Waals surface area contributed by atoms with Gasteiger partial charge in [0.2, 0.25) is 11.8 Å². The van der Waals surface area contributed by atoms with Gasteiger partial charge < -0.3 is 29.3 Å². The van der Waals surface area contributed by atoms with Crippen LogP contribution in [0.2, 0.25) is 0 Å². The molecule has 2 aliphatic heterocycles. The van der Waals surface area contributed by atoms with Gasteiger partial charge in [-0.05, 0) is 45.4 Å². The smallest absolute Gasteiger partial charge is 0.410 e. The first-order chi connectivity index (χ1) is 19.5. The molecule has 2 N–H and O–H groups in total. The molecule has 0 saturated carbocycles. The van der Waals surface area contributed by atoms with Crippen LogP contribution in [0.1, 0.15) is 44.7 Å². The Labute approximate surface area is 242 Å². The predicted octanol–water partition coefficient (Wildman–Crippen LogP) is 3.45. The van der Waals surface area contributed by atoms with E-state index in [4.69, 9.17) is 14.2 Å². The third-order valence-corrected chi connectivity index (χ3v) is 7.22. The molecule has 4 rings (SSSR count). The van der Waals surface area contributed by atoms with Gasteiger partial charge in [-0.15, -0.1) is 0 Å². The number of piperidine rings is 1. The van der Waals surface area contributed by atoms with Crippen molar-refractivity contribution in [2.24, 2.45) is 0 Å². The lowest BCUT2D eigenvalue weighted by atomic mass is 10.1. The van der Waals surface area contributed by atoms with Crippen LogP contribution >= 0.6 is 0 Å². The number of ether oxygens (including phenoxy) is 3. The van der Waals surface area contributed by atoms with Crippen LogP contribution in [0.5, 0.6) is 11.5 Å². The second-order valence-corrected chi connectivity index (χ2v) is 11.6. The summed E-state index contributed by atoms with van der Waals surface area (Å²) >= 11 is 0. The summed E-state index contributed by atoms with van der Waals surface area (Å²) in [6.45, 7) is 10.6. The van der Waals surface area contributed by atoms with Crippen molar-refractivity contribution >= 4 is 23.6 Å². The second kappa shape index (κ2) is 13.2. The fourth-order valence-corrected chi connectivity index (χ4v) is 5.12. The van der Waals surface area contributed by atoms with Crippen LogP contribution in [-0.4, -0.2) is 80.4 Å². The number of methoxy groups -OCH3 is 1. The number of nitrogens with zero attached hydrogens (tertiary/aromatic N) is 2. The highest BCUT2D eigenvalue weighted by Gasteiger charge is 2.29. The number of nitrogens with one attached hydrogen (secondary N) is 2. The topological polar surface area (TPSA) is 109 Å². The quantitative estimate of drug-likeness (QED) is 0.525. The summed E-state index contributed by atoms with van der Waals surface area (Å²) < 4.78 is 17.2. The number of hydrogen-bond donors (Lipinski definition) is 2. The number of hydrogen-bond acceptors (Lipinski definition) is 8. The van der Waals surface area contributed by atoms with Gasteiger partial charge in [-0.2, -0.15) is 0 Å². The third-order valence-electron chi connectivity index (χ3n) is 7.22. The number of anilines is 1. The van der Waals surface area contributed by atoms with Crippen molar-refractivity contribution in [1.82, 2.24) is 15.5 Å². The Balaban J connectivity index is 1.28. The number of imide groups is 1. The van der Waals surface area contributed by atoms with Gasteiger partial charge in [-0.1, -0.05) is 24.3 Å². The Kier molecular flexibility index (Phi) is 9.75. The van der Waals surface area contributed by atoms with Crippen LogP contribution < -0.4 is 25.0 Å². The average Bonchev–Trinajstić information content (AvgIpc) is 2.93. The molecule has 0 radical (unpaired) electrons. The van der Waals surface area contributed by atoms with Crippen molar-refractivity contribution in [3.63, 3.8) is 0 Å². The molecule has 0 aliphatic carbocycles. The van der Waals surface area contributed by atoms with Gasteiger partial charge >= 0.3 is 6.09 Å². The van der Waals surface area contributed by atoms with E-state index in [9.17, 15) is 14.4 Å². The number of para-hydroxylation sites is 1. The predicted molar refractivity (Wildman–Crippen MR) is 156 cm³/mol. The fraction of sp³-hybridized carbons (Fsp3) is 0.516. The van der Waals surface area contributed by atoms with E-state index in [1.54, 1.807) is 23.1 Å². The Morgan fingerprint density at radius 2 is 1.78 bits per heavy atom. The number of rotatable bonds is 7. The van der Waals surface area contributed by atoms with Crippen molar-refractivity contribution in [2.75, 3.05) is 44.7 Å². The molecule has 222 valence electrons. The number of amides is 3. The first kappa shape index (κ1) is 30.2. The fourth-order valence-electron chi connectivity index (χ4n) is 5.12. The molecule has 2 saturated heterocycles. The average molecular weight is 567 g/mol. The molecular weight excluding hydrogens is 524 g/mol. The molecule has 10 nitrogen and oxygen atoms in total. The largest absolute Gasteiger partial charge is 0.496 e. The molecule has 2 aromatic rings. The molecule has 0 aromatic heterocycles. The van der Waals surface area contributed by atoms with E-state index in [0.717, 1.165) is 17.8 Å². The van der Waals surface area contributed by atoms with E-state index in [0.29, 0.717) is 56.1 Å². The normalized spacial score (nSPS) is 18.0. The molecule has 10 heteroatoms. The molecule has 2 aliphatic rings. The van der Waals surface area contributed by atoms with E-state index in [1.165, 1.54) is 7.11 Å². The number of carbonyl (C=O) groups excluding carboxylic acids is 3. The Morgan fingerprint density at radius 3 is 2.46 bits per heavy atom. The minimum Gasteiger partial charge on any atom is -0.496 e. The van der Waals surface area contributed by atoms with Gasteiger partial charge in [-0.25, -0.2) is 4.79 Å². The lowest BCUT2D eigenvalue weighted by Gasteiger charge is -2.35. The van der Waals surface area contributed by atoms with E-state index >= 15 is 0 Å². The van der Waals surface area contributed by atoms with Crippen LogP contribution in [0.3, 0.4) is 0 Å². The van der Waals surface area contributed by atoms with E-state index in [2.05, 4.69) is 28.5 Å². The molecular formula is C31H42N4O6. The van der Waals surface area contributed by atoms with Crippen molar-refractivity contribution in [3.8, 4) is 11.5 Å². The highest BCUT2D eigenvalue weighted by atomic mass is 16.6. The third kappa shape index (κ3) is 8.36. The molecule has 2 fully saturated rings. The highest BCUT2D eigenvalue weighted by Crippen LogP contribution is 2.28. The summed E-state index contributed by atoms with van der Waals surface area (Å²) in [5.41, 5.74) is 2.37. The lowest BCUT2D eigenvalue weighted by Crippen LogP contribution is -2.58. The number of piperazine rings is 1. The molecule has 3 amide bonds. The molecule has 2 heterocycles. The van der Waals surface area contributed by atoms with Crippen molar-refractivity contribution in [1.29, 1.82) is 0 Å². The summed E-state index contributed by atoms with van der Waals surface area (Å²) in [7, 11) is 1.54. The Bertz CT molecular complexity index is 1240. The number of carbonyl (C=O) groups is 3. The van der Waals surface area contributed by atoms with Gasteiger partial charge in [0.15, 0.2) is 0 Å². The van der Waals surface area contributed by atoms with Gasteiger partial charge in [0, 0.05) is 62.9 Å². The Hall–Kier alpha value is -3.79. The van der Waals surface area contributed by atoms with Crippen LogP contribution in [0.25, 0.3) is 0 Å². The monoisotopic (exact) mass is 566 g/mol. The first-order valence-corrected chi connectivity index (χ1v) is 14.2. The SMILES string of the molecule is COc1cc(OC2CCN(C(=O)OC(C)(C)C)CC2)ccc1CC(=O)NC(=O)C1CN(c2ccccc2C)CCN1. The first-order valence-electron chi connectivity index (χ1n) is 14.2. The maximum Gasteiger partial charge on any atom is 0.410 e. The lowest BCUT2D eigenvalue weighted by molar-refractivity contribution is -0.131. The molecule has 1 atom stereocenters. The minimum atomic E-state index is -0.525. The highest BCUT2D eigenvalue weighted by molar-refractivity contribution is 5.99. The maximum absolute atomic E-state index is 12.9. The summed E-state index contributed by atoms with van der Waals surface area (Å²) in [5, 5.41) is 5.77. The zero-order valence-electron chi connectivity index (χ0n) is 24.7. The summed E-state index contributed by atoms with van der Waals surface area (Å²) in [4.78, 5) is 41.9. The Morgan fingerprint density at radius 1 is 1.05 bits per heavy atom. The zero-order valence-corrected chi connectivity index (χ0v) is 24.7. The molecule has 41 heavy (non-hydrogen) atoms. The summed E-state index contributed by atoms with van der Waals surface area (Å²) in [5.74, 6) is 0.398.